The van der Waals surface area contributed by atoms with Crippen LogP contribution in [-0.4, -0.2) is 62.7 Å². The van der Waals surface area contributed by atoms with E-state index in [1.807, 2.05) is 0 Å². The topological polar surface area (TPSA) is 18.5 Å². The molecule has 3 heteroatoms. The number of nitrogens with one attached hydrogen (secondary N) is 1. The molecule has 0 saturated carbocycles. The highest BCUT2D eigenvalue weighted by Crippen LogP contribution is 2.10. The quantitative estimate of drug-likeness (QED) is 0.637. The number of likely N-dealkylation sites (tertiary alicyclic amines) is 1. The van der Waals surface area contributed by atoms with Crippen molar-refractivity contribution >= 4 is 0 Å². The van der Waals surface area contributed by atoms with Crippen LogP contribution < -0.4 is 5.32 Å². The van der Waals surface area contributed by atoms with Crippen molar-refractivity contribution in [1.29, 1.82) is 0 Å². The molecule has 15 heavy (non-hydrogen) atoms. The van der Waals surface area contributed by atoms with Gasteiger partial charge in [-0.3, -0.25) is 4.90 Å². The standard InChI is InChI=1S/C12H27N3/c1-12(15-9-4-5-10-15)11-13-7-6-8-14(2)3/h12-13H,4-11H2,1-3H3. The van der Waals surface area contributed by atoms with Crippen LogP contribution in [-0.2, 0) is 0 Å². The second kappa shape index (κ2) is 7.20. The number of hydrogen-bond acceptors (Lipinski definition) is 3. The Morgan fingerprint density at radius 3 is 2.53 bits per heavy atom. The van der Waals surface area contributed by atoms with Crippen LogP contribution in [0.3, 0.4) is 0 Å². The Balaban J connectivity index is 1.94. The monoisotopic (exact) mass is 213 g/mol. The van der Waals surface area contributed by atoms with Crippen molar-refractivity contribution in [1.82, 2.24) is 15.1 Å². The fraction of sp³-hybridized carbons (Fsp3) is 1.00. The van der Waals surface area contributed by atoms with Gasteiger partial charge >= 0.3 is 0 Å². The Kier molecular flexibility index (Phi) is 6.22. The lowest BCUT2D eigenvalue weighted by Crippen LogP contribution is -2.39. The molecule has 0 radical (unpaired) electrons. The van der Waals surface area contributed by atoms with Crippen molar-refractivity contribution in [2.45, 2.75) is 32.2 Å². The van der Waals surface area contributed by atoms with Crippen LogP contribution in [0.4, 0.5) is 0 Å². The van der Waals surface area contributed by atoms with Gasteiger partial charge in [-0.1, -0.05) is 0 Å². The van der Waals surface area contributed by atoms with Crippen LogP contribution in [0.5, 0.6) is 0 Å². The fourth-order valence-electron chi connectivity index (χ4n) is 2.14. The molecule has 0 aromatic rings. The predicted octanol–water partition coefficient (Wildman–Crippen LogP) is 1.01. The van der Waals surface area contributed by atoms with Crippen molar-refractivity contribution in [2.24, 2.45) is 0 Å². The summed E-state index contributed by atoms with van der Waals surface area (Å²) in [6.07, 6.45) is 4.04. The molecule has 3 nitrogen and oxygen atoms in total. The summed E-state index contributed by atoms with van der Waals surface area (Å²) in [5.41, 5.74) is 0. The molecule has 1 heterocycles. The molecule has 0 amide bonds. The minimum atomic E-state index is 0.715. The molecule has 1 fully saturated rings. The van der Waals surface area contributed by atoms with Gasteiger partial charge in [0, 0.05) is 12.6 Å². The van der Waals surface area contributed by atoms with E-state index in [2.05, 4.69) is 36.1 Å². The smallest absolute Gasteiger partial charge is 0.0192 e. The average Bonchev–Trinajstić information content (AvgIpc) is 2.69. The second-order valence-electron chi connectivity index (χ2n) is 4.95. The van der Waals surface area contributed by atoms with Crippen LogP contribution in [0.1, 0.15) is 26.2 Å². The molecule has 1 rings (SSSR count). The summed E-state index contributed by atoms with van der Waals surface area (Å²) >= 11 is 0. The molecule has 0 aromatic heterocycles. The maximum absolute atomic E-state index is 3.55. The van der Waals surface area contributed by atoms with E-state index in [1.54, 1.807) is 0 Å². The lowest BCUT2D eigenvalue weighted by Gasteiger charge is -2.24. The molecule has 1 saturated heterocycles. The molecule has 1 N–H and O–H groups in total. The van der Waals surface area contributed by atoms with E-state index in [4.69, 9.17) is 0 Å². The van der Waals surface area contributed by atoms with Crippen LogP contribution in [0, 0.1) is 0 Å². The van der Waals surface area contributed by atoms with Crippen molar-refractivity contribution in [2.75, 3.05) is 46.8 Å². The first-order chi connectivity index (χ1) is 7.20. The highest BCUT2D eigenvalue weighted by molar-refractivity contribution is 4.74. The zero-order valence-corrected chi connectivity index (χ0v) is 10.6. The van der Waals surface area contributed by atoms with Gasteiger partial charge in [0.05, 0.1) is 0 Å². The normalized spacial score (nSPS) is 20.0. The summed E-state index contributed by atoms with van der Waals surface area (Å²) in [4.78, 5) is 4.84. The third kappa shape index (κ3) is 5.50. The average molecular weight is 213 g/mol. The van der Waals surface area contributed by atoms with E-state index in [-0.39, 0.29) is 0 Å². The van der Waals surface area contributed by atoms with Gasteiger partial charge in [-0.15, -0.1) is 0 Å². The molecule has 1 aliphatic heterocycles. The summed E-state index contributed by atoms with van der Waals surface area (Å²) in [5, 5.41) is 3.55. The molecule has 90 valence electrons. The van der Waals surface area contributed by atoms with Gasteiger partial charge in [0.2, 0.25) is 0 Å². The molecule has 0 bridgehead atoms. The van der Waals surface area contributed by atoms with E-state index in [0.717, 1.165) is 13.1 Å². The maximum atomic E-state index is 3.55. The van der Waals surface area contributed by atoms with E-state index in [0.29, 0.717) is 6.04 Å². The van der Waals surface area contributed by atoms with Gasteiger partial charge in [-0.05, 0) is 66.5 Å². The molecular weight excluding hydrogens is 186 g/mol. The summed E-state index contributed by atoms with van der Waals surface area (Å²) in [6.45, 7) is 8.43. The van der Waals surface area contributed by atoms with Gasteiger partial charge in [0.1, 0.15) is 0 Å². The third-order valence-corrected chi connectivity index (χ3v) is 3.16. The second-order valence-corrected chi connectivity index (χ2v) is 4.95. The van der Waals surface area contributed by atoms with Crippen molar-refractivity contribution in [3.63, 3.8) is 0 Å². The Morgan fingerprint density at radius 2 is 1.93 bits per heavy atom. The Morgan fingerprint density at radius 1 is 1.27 bits per heavy atom. The summed E-state index contributed by atoms with van der Waals surface area (Å²) < 4.78 is 0. The van der Waals surface area contributed by atoms with Gasteiger partial charge < -0.3 is 10.2 Å². The van der Waals surface area contributed by atoms with Gasteiger partial charge in [-0.25, -0.2) is 0 Å². The lowest BCUT2D eigenvalue weighted by molar-refractivity contribution is 0.251. The zero-order valence-electron chi connectivity index (χ0n) is 10.6. The fourth-order valence-corrected chi connectivity index (χ4v) is 2.14. The molecule has 1 aliphatic rings. The van der Waals surface area contributed by atoms with E-state index in [9.17, 15) is 0 Å². The van der Waals surface area contributed by atoms with E-state index in [1.165, 1.54) is 38.9 Å². The van der Waals surface area contributed by atoms with Crippen LogP contribution in [0.15, 0.2) is 0 Å². The van der Waals surface area contributed by atoms with E-state index < -0.39 is 0 Å². The Bertz CT molecular complexity index is 153. The first-order valence-corrected chi connectivity index (χ1v) is 6.29. The summed E-state index contributed by atoms with van der Waals surface area (Å²) in [6, 6.07) is 0.715. The molecule has 1 atom stereocenters. The van der Waals surface area contributed by atoms with Gasteiger partial charge in [0.15, 0.2) is 0 Å². The minimum absolute atomic E-state index is 0.715. The van der Waals surface area contributed by atoms with Gasteiger partial charge in [0.25, 0.3) is 0 Å². The largest absolute Gasteiger partial charge is 0.315 e. The summed E-state index contributed by atoms with van der Waals surface area (Å²) in [7, 11) is 4.26. The Hall–Kier alpha value is -0.120. The maximum Gasteiger partial charge on any atom is 0.0192 e. The highest BCUT2D eigenvalue weighted by atomic mass is 15.2. The van der Waals surface area contributed by atoms with Crippen LogP contribution in [0.25, 0.3) is 0 Å². The SMILES string of the molecule is CC(CNCCCN(C)C)N1CCCC1. The molecule has 0 aromatic carbocycles. The van der Waals surface area contributed by atoms with Crippen molar-refractivity contribution in [3.05, 3.63) is 0 Å². The van der Waals surface area contributed by atoms with Crippen LogP contribution in [0.2, 0.25) is 0 Å². The molecule has 0 aliphatic carbocycles. The molecule has 1 unspecified atom stereocenters. The zero-order chi connectivity index (χ0) is 11.1. The van der Waals surface area contributed by atoms with E-state index >= 15 is 0 Å². The van der Waals surface area contributed by atoms with Crippen molar-refractivity contribution < 1.29 is 0 Å². The lowest BCUT2D eigenvalue weighted by atomic mass is 10.3. The third-order valence-electron chi connectivity index (χ3n) is 3.16. The predicted molar refractivity (Wildman–Crippen MR) is 66.3 cm³/mol. The van der Waals surface area contributed by atoms with Crippen LogP contribution >= 0.6 is 0 Å². The molecule has 0 spiro atoms. The first kappa shape index (κ1) is 12.9. The summed E-state index contributed by atoms with van der Waals surface area (Å²) in [5.74, 6) is 0. The Labute approximate surface area is 94.8 Å². The molecular formula is C12H27N3. The number of hydrogen-bond donors (Lipinski definition) is 1. The number of nitrogens with zero attached hydrogens (tertiary/aromatic N) is 2. The highest BCUT2D eigenvalue weighted by Gasteiger charge is 2.16. The van der Waals surface area contributed by atoms with Gasteiger partial charge in [-0.2, -0.15) is 0 Å². The first-order valence-electron chi connectivity index (χ1n) is 6.29. The number of rotatable bonds is 7. The minimum Gasteiger partial charge on any atom is -0.315 e. The van der Waals surface area contributed by atoms with Crippen molar-refractivity contribution in [3.8, 4) is 0 Å².